The summed E-state index contributed by atoms with van der Waals surface area (Å²) in [6.07, 6.45) is 0.677. The molecule has 0 aliphatic carbocycles. The maximum atomic E-state index is 14.0. The summed E-state index contributed by atoms with van der Waals surface area (Å²) in [5, 5.41) is 12.9. The molecule has 0 unspecified atom stereocenters. The van der Waals surface area contributed by atoms with E-state index in [9.17, 15) is 28.3 Å². The third-order valence-corrected chi connectivity index (χ3v) is 5.65. The van der Waals surface area contributed by atoms with E-state index in [2.05, 4.69) is 5.32 Å². The minimum Gasteiger partial charge on any atom is -0.503 e. The van der Waals surface area contributed by atoms with Crippen molar-refractivity contribution in [2.75, 3.05) is 13.1 Å². The van der Waals surface area contributed by atoms with E-state index < -0.39 is 35.0 Å². The smallest absolute Gasteiger partial charge is 0.274 e. The maximum Gasteiger partial charge on any atom is 0.274 e. The lowest BCUT2D eigenvalue weighted by Gasteiger charge is -2.34. The Kier molecular flexibility index (Phi) is 5.05. The second kappa shape index (κ2) is 7.55. The molecule has 2 atom stereocenters. The normalized spacial score (nSPS) is 20.5. The van der Waals surface area contributed by atoms with E-state index in [1.807, 2.05) is 0 Å². The van der Waals surface area contributed by atoms with Crippen molar-refractivity contribution in [3.05, 3.63) is 62.8 Å². The number of aromatic nitrogens is 1. The van der Waals surface area contributed by atoms with Gasteiger partial charge in [0.15, 0.2) is 11.4 Å². The van der Waals surface area contributed by atoms with Gasteiger partial charge in [-0.3, -0.25) is 14.4 Å². The number of carbonyl (C=O) groups is 2. The van der Waals surface area contributed by atoms with Gasteiger partial charge in [-0.2, -0.15) is 0 Å². The van der Waals surface area contributed by atoms with Crippen molar-refractivity contribution >= 4 is 11.8 Å². The maximum absolute atomic E-state index is 14.0. The lowest BCUT2D eigenvalue weighted by Crippen LogP contribution is -2.45. The monoisotopic (exact) mass is 417 g/mol. The summed E-state index contributed by atoms with van der Waals surface area (Å²) >= 11 is 0. The molecule has 0 radical (unpaired) electrons. The molecule has 1 aromatic carbocycles. The predicted octanol–water partition coefficient (Wildman–Crippen LogP) is 2.06. The van der Waals surface area contributed by atoms with Crippen LogP contribution in [0.25, 0.3) is 0 Å². The number of carbonyl (C=O) groups excluding carboxylic acids is 2. The van der Waals surface area contributed by atoms with Crippen molar-refractivity contribution in [3.8, 4) is 5.75 Å². The van der Waals surface area contributed by atoms with Crippen LogP contribution in [-0.2, 0) is 6.54 Å². The molecule has 1 aromatic heterocycles. The molecule has 1 saturated heterocycles. The van der Waals surface area contributed by atoms with Crippen molar-refractivity contribution in [1.82, 2.24) is 14.8 Å². The van der Waals surface area contributed by atoms with E-state index >= 15 is 0 Å². The van der Waals surface area contributed by atoms with Gasteiger partial charge in [-0.05, 0) is 31.4 Å². The molecule has 2 amide bonds. The summed E-state index contributed by atoms with van der Waals surface area (Å²) in [7, 11) is 0. The zero-order chi connectivity index (χ0) is 21.6. The van der Waals surface area contributed by atoms with Crippen LogP contribution in [0, 0.1) is 12.7 Å². The van der Waals surface area contributed by atoms with Crippen molar-refractivity contribution in [2.45, 2.75) is 38.5 Å². The highest BCUT2D eigenvalue weighted by Crippen LogP contribution is 2.32. The lowest BCUT2D eigenvalue weighted by atomic mass is 10.1. The van der Waals surface area contributed by atoms with Crippen LogP contribution in [0.15, 0.2) is 29.2 Å². The Balaban J connectivity index is 1.66. The molecule has 2 aliphatic heterocycles. The number of alkyl halides is 1. The molecular weight excluding hydrogens is 396 g/mol. The average molecular weight is 417 g/mol. The number of aryl methyl sites for hydroxylation is 1. The zero-order valence-corrected chi connectivity index (χ0v) is 16.3. The summed E-state index contributed by atoms with van der Waals surface area (Å²) in [5.41, 5.74) is -0.594. The molecule has 158 valence electrons. The molecule has 9 heteroatoms. The number of rotatable bonds is 3. The fourth-order valence-electron chi connectivity index (χ4n) is 4.01. The first-order valence-electron chi connectivity index (χ1n) is 9.71. The summed E-state index contributed by atoms with van der Waals surface area (Å²) in [5.74, 6) is -2.75. The number of hydrogen-bond acceptors (Lipinski definition) is 4. The first-order valence-corrected chi connectivity index (χ1v) is 9.71. The van der Waals surface area contributed by atoms with E-state index in [0.717, 1.165) is 5.56 Å². The van der Waals surface area contributed by atoms with Crippen molar-refractivity contribution in [2.24, 2.45) is 0 Å². The molecule has 1 fully saturated rings. The summed E-state index contributed by atoms with van der Waals surface area (Å²) in [6, 6.07) is 4.22. The number of hydrogen-bond donors (Lipinski definition) is 2. The van der Waals surface area contributed by atoms with E-state index in [0.29, 0.717) is 6.42 Å². The van der Waals surface area contributed by atoms with Gasteiger partial charge in [0, 0.05) is 24.8 Å². The highest BCUT2D eigenvalue weighted by Gasteiger charge is 2.38. The summed E-state index contributed by atoms with van der Waals surface area (Å²) in [6.45, 7) is 1.74. The standard InChI is InChI=1S/C21H21F2N3O4/c1-11-2-3-12(16(23)6-11)7-24-20(29)15-10-26-14-5-4-13(22)8-25(9-14)21(30)17(26)19(28)18(15)27/h2-3,6,10,13-14,28H,4-5,7-9H2,1H3,(H,24,29)/t13-,14+/m1/s1. The Bertz CT molecular complexity index is 1100. The topological polar surface area (TPSA) is 91.6 Å². The minimum absolute atomic E-state index is 0.0900. The largest absolute Gasteiger partial charge is 0.503 e. The fourth-order valence-corrected chi connectivity index (χ4v) is 4.01. The third kappa shape index (κ3) is 3.44. The third-order valence-electron chi connectivity index (χ3n) is 5.65. The highest BCUT2D eigenvalue weighted by molar-refractivity contribution is 5.99. The van der Waals surface area contributed by atoms with Crippen LogP contribution in [0.5, 0.6) is 5.75 Å². The van der Waals surface area contributed by atoms with E-state index in [4.69, 9.17) is 0 Å². The fraction of sp³-hybridized carbons (Fsp3) is 0.381. The molecule has 0 saturated carbocycles. The van der Waals surface area contributed by atoms with Crippen molar-refractivity contribution < 1.29 is 23.5 Å². The first-order chi connectivity index (χ1) is 14.3. The Labute approximate surface area is 170 Å². The Hall–Kier alpha value is -3.23. The highest BCUT2D eigenvalue weighted by atomic mass is 19.1. The van der Waals surface area contributed by atoms with Gasteiger partial charge in [0.05, 0.1) is 12.6 Å². The molecule has 2 N–H and O–H groups in total. The van der Waals surface area contributed by atoms with Gasteiger partial charge in [0.25, 0.3) is 11.8 Å². The molecule has 2 aromatic rings. The van der Waals surface area contributed by atoms with Gasteiger partial charge in [-0.25, -0.2) is 8.78 Å². The van der Waals surface area contributed by atoms with Crippen LogP contribution in [0.2, 0.25) is 0 Å². The summed E-state index contributed by atoms with van der Waals surface area (Å²) in [4.78, 5) is 39.1. The van der Waals surface area contributed by atoms with E-state index in [-0.39, 0.29) is 48.9 Å². The van der Waals surface area contributed by atoms with Crippen LogP contribution in [0.1, 0.15) is 50.9 Å². The first kappa shape index (κ1) is 20.1. The van der Waals surface area contributed by atoms with Crippen LogP contribution >= 0.6 is 0 Å². The van der Waals surface area contributed by atoms with Gasteiger partial charge in [0.1, 0.15) is 17.6 Å². The number of pyridine rings is 1. The van der Waals surface area contributed by atoms with Crippen LogP contribution in [-0.4, -0.2) is 45.6 Å². The van der Waals surface area contributed by atoms with Crippen molar-refractivity contribution in [1.29, 1.82) is 0 Å². The molecule has 4 rings (SSSR count). The quantitative estimate of drug-likeness (QED) is 0.800. The molecule has 3 heterocycles. The minimum atomic E-state index is -1.19. The molecule has 2 aliphatic rings. The van der Waals surface area contributed by atoms with Gasteiger partial charge in [-0.15, -0.1) is 0 Å². The average Bonchev–Trinajstić information content (AvgIpc) is 2.87. The van der Waals surface area contributed by atoms with Crippen LogP contribution < -0.4 is 10.7 Å². The lowest BCUT2D eigenvalue weighted by molar-refractivity contribution is 0.0646. The number of nitrogens with zero attached hydrogens (tertiary/aromatic N) is 2. The Morgan fingerprint density at radius 3 is 2.77 bits per heavy atom. The second-order valence-corrected chi connectivity index (χ2v) is 7.79. The Morgan fingerprint density at radius 1 is 1.27 bits per heavy atom. The summed E-state index contributed by atoms with van der Waals surface area (Å²) < 4.78 is 29.4. The van der Waals surface area contributed by atoms with Gasteiger partial charge in [-0.1, -0.05) is 12.1 Å². The number of halogens is 2. The number of nitrogens with one attached hydrogen (secondary N) is 1. The van der Waals surface area contributed by atoms with Crippen LogP contribution in [0.4, 0.5) is 8.78 Å². The SMILES string of the molecule is Cc1ccc(CNC(=O)c2cn3c(c(O)c2=O)C(=O)N2C[C@H](F)CC[C@H]3C2)c(F)c1. The zero-order valence-electron chi connectivity index (χ0n) is 16.3. The number of fused-ring (bicyclic) bond motifs is 4. The van der Waals surface area contributed by atoms with Crippen LogP contribution in [0.3, 0.4) is 0 Å². The van der Waals surface area contributed by atoms with Gasteiger partial charge in [0.2, 0.25) is 5.43 Å². The number of amides is 2. The second-order valence-electron chi connectivity index (χ2n) is 7.79. The predicted molar refractivity (Wildman–Crippen MR) is 104 cm³/mol. The Morgan fingerprint density at radius 2 is 2.03 bits per heavy atom. The van der Waals surface area contributed by atoms with E-state index in [1.165, 1.54) is 27.8 Å². The van der Waals surface area contributed by atoms with Gasteiger partial charge >= 0.3 is 0 Å². The van der Waals surface area contributed by atoms with Crippen molar-refractivity contribution in [3.63, 3.8) is 0 Å². The number of aromatic hydroxyl groups is 1. The molecule has 0 spiro atoms. The number of benzene rings is 1. The molecular formula is C21H21F2N3O4. The molecule has 7 nitrogen and oxygen atoms in total. The molecule has 2 bridgehead atoms. The molecule has 30 heavy (non-hydrogen) atoms. The van der Waals surface area contributed by atoms with E-state index in [1.54, 1.807) is 13.0 Å². The van der Waals surface area contributed by atoms with Gasteiger partial charge < -0.3 is 19.9 Å².